The third-order valence-corrected chi connectivity index (χ3v) is 12.7. The van der Waals surface area contributed by atoms with Crippen molar-refractivity contribution >= 4 is 5.91 Å². The molecule has 3 aliphatic heterocycles. The van der Waals surface area contributed by atoms with Crippen LogP contribution in [0.5, 0.6) is 0 Å². The molecule has 1 amide bonds. The van der Waals surface area contributed by atoms with E-state index >= 15 is 0 Å². The van der Waals surface area contributed by atoms with Gasteiger partial charge in [0.2, 0.25) is 5.91 Å². The summed E-state index contributed by atoms with van der Waals surface area (Å²) in [5.74, 6) is -0.480. The highest BCUT2D eigenvalue weighted by atomic mass is 16.8. The molecule has 71 heavy (non-hydrogen) atoms. The van der Waals surface area contributed by atoms with Crippen molar-refractivity contribution in [3.8, 4) is 0 Å². The zero-order chi connectivity index (χ0) is 49.5. The van der Waals surface area contributed by atoms with E-state index in [2.05, 4.69) is 5.32 Å². The van der Waals surface area contributed by atoms with Crippen LogP contribution in [0.2, 0.25) is 0 Å². The Morgan fingerprint density at radius 1 is 0.479 bits per heavy atom. The number of ether oxygens (including phenoxy) is 10. The molecule has 0 radical (unpaired) electrons. The molecule has 16 nitrogen and oxygen atoms in total. The molecule has 0 aliphatic carbocycles. The molecular weight excluding hydrogens is 915 g/mol. The van der Waals surface area contributed by atoms with Crippen molar-refractivity contribution in [3.63, 3.8) is 0 Å². The predicted octanol–water partition coefficient (Wildman–Crippen LogP) is 4.72. The maximum Gasteiger partial charge on any atom is 0.217 e. The minimum Gasteiger partial charge on any atom is -0.394 e. The molecule has 3 heterocycles. The van der Waals surface area contributed by atoms with E-state index in [0.29, 0.717) is 0 Å². The second-order valence-electron chi connectivity index (χ2n) is 18.0. The van der Waals surface area contributed by atoms with Crippen LogP contribution in [0.4, 0.5) is 0 Å². The van der Waals surface area contributed by atoms with E-state index in [1.54, 1.807) is 0 Å². The van der Waals surface area contributed by atoms with E-state index in [0.717, 1.165) is 27.8 Å². The lowest BCUT2D eigenvalue weighted by Crippen LogP contribution is -2.70. The van der Waals surface area contributed by atoms with Gasteiger partial charge in [-0.1, -0.05) is 152 Å². The minimum absolute atomic E-state index is 0.0565. The third-order valence-electron chi connectivity index (χ3n) is 12.7. The average molecular weight is 980 g/mol. The zero-order valence-electron chi connectivity index (χ0n) is 39.8. The van der Waals surface area contributed by atoms with Gasteiger partial charge in [-0.05, 0) is 34.7 Å². The van der Waals surface area contributed by atoms with Crippen molar-refractivity contribution in [2.75, 3.05) is 13.2 Å². The molecule has 3 aliphatic rings. The Labute approximate surface area is 414 Å². The largest absolute Gasteiger partial charge is 0.394 e. The number of carbonyl (C=O) groups excluding carboxylic acids is 1. The Balaban J connectivity index is 1.19. The summed E-state index contributed by atoms with van der Waals surface area (Å²) in [7, 11) is 0. The summed E-state index contributed by atoms with van der Waals surface area (Å²) in [6.07, 6.45) is -17.6. The van der Waals surface area contributed by atoms with Gasteiger partial charge in [0.05, 0.1) is 52.4 Å². The fraction of sp³-hybridized carbons (Fsp3) is 0.436. The molecule has 0 saturated carbocycles. The summed E-state index contributed by atoms with van der Waals surface area (Å²) in [5.41, 5.74) is 4.43. The topological polar surface area (TPSA) is 202 Å². The van der Waals surface area contributed by atoms with Crippen molar-refractivity contribution in [3.05, 3.63) is 179 Å². The number of aliphatic hydroxyl groups is 4. The van der Waals surface area contributed by atoms with Gasteiger partial charge < -0.3 is 73.1 Å². The Hall–Kier alpha value is -4.99. The first-order chi connectivity index (χ1) is 34.6. The van der Waals surface area contributed by atoms with Crippen LogP contribution >= 0.6 is 0 Å². The highest BCUT2D eigenvalue weighted by Crippen LogP contribution is 2.37. The Morgan fingerprint density at radius 3 is 1.41 bits per heavy atom. The molecule has 3 unspecified atom stereocenters. The summed E-state index contributed by atoms with van der Waals surface area (Å²) in [6, 6.07) is 46.9. The predicted molar refractivity (Wildman–Crippen MR) is 256 cm³/mol. The molecule has 8 rings (SSSR count). The SMILES string of the molecule is CC(=O)N[C@H]1C(OCc2ccccc2)O[C@H](COCc2ccccc2)[C@@H](O[C@@H]2OC(C)C(OCc3ccccc3)[C@@H](OCc3ccccc3)[C@@H]2OCc2ccccc2)[C@@H]1O[C@@H]1O[C@H](CO)[C@H](O)[C@H](O)[C@H]1O. The van der Waals surface area contributed by atoms with Gasteiger partial charge in [0.25, 0.3) is 0 Å². The van der Waals surface area contributed by atoms with E-state index in [4.69, 9.17) is 47.4 Å². The highest BCUT2D eigenvalue weighted by Gasteiger charge is 2.56. The van der Waals surface area contributed by atoms with Crippen LogP contribution in [0.3, 0.4) is 0 Å². The number of rotatable bonds is 22. The van der Waals surface area contributed by atoms with Crippen molar-refractivity contribution in [1.82, 2.24) is 5.32 Å². The maximum atomic E-state index is 13.3. The standard InChI is InChI=1S/C55H65NO15/c1-35-48(63-30-38-20-10-4-11-21-38)51(64-31-39-22-12-5-13-23-39)52(65-32-40-24-14-6-15-25-40)55(67-35)70-49-43(34-62-29-37-18-8-3-9-19-37)69-53(66-33-41-26-16-7-17-27-41)44(56-36(2)58)50(49)71-54-47(61)46(60)45(59)42(28-57)68-54/h3-27,35,42-55,57,59-61H,28-34H2,1-2H3,(H,56,58)/t35?,42-,43-,44-,45+,46+,47-,48?,49-,50-,51-,52+,53?,54+,55+/m1/s1. The van der Waals surface area contributed by atoms with Crippen molar-refractivity contribution in [2.24, 2.45) is 0 Å². The number of benzene rings is 5. The van der Waals surface area contributed by atoms with Gasteiger partial charge in [-0.2, -0.15) is 0 Å². The number of amides is 1. The number of hydrogen-bond donors (Lipinski definition) is 5. The van der Waals surface area contributed by atoms with Gasteiger partial charge in [-0.3, -0.25) is 4.79 Å². The molecule has 3 saturated heterocycles. The summed E-state index contributed by atoms with van der Waals surface area (Å²) in [6.45, 7) is 3.18. The molecule has 16 heteroatoms. The van der Waals surface area contributed by atoms with Crippen molar-refractivity contribution in [2.45, 2.75) is 139 Å². The zero-order valence-corrected chi connectivity index (χ0v) is 39.8. The molecule has 0 spiro atoms. The first kappa shape index (κ1) is 52.3. The maximum absolute atomic E-state index is 13.3. The Morgan fingerprint density at radius 2 is 0.915 bits per heavy atom. The quantitative estimate of drug-likeness (QED) is 0.0638. The molecule has 0 aromatic heterocycles. The average Bonchev–Trinajstić information content (AvgIpc) is 3.39. The van der Waals surface area contributed by atoms with Crippen LogP contribution in [-0.4, -0.2) is 132 Å². The van der Waals surface area contributed by atoms with Crippen LogP contribution in [0.25, 0.3) is 0 Å². The van der Waals surface area contributed by atoms with Crippen LogP contribution in [0.1, 0.15) is 41.7 Å². The van der Waals surface area contributed by atoms with Gasteiger partial charge in [0.1, 0.15) is 67.1 Å². The molecule has 5 aromatic rings. The normalized spacial score (nSPS) is 30.9. The van der Waals surface area contributed by atoms with E-state index in [-0.39, 0.29) is 39.6 Å². The van der Waals surface area contributed by atoms with E-state index in [1.807, 2.05) is 159 Å². The number of carbonyl (C=O) groups is 1. The fourth-order valence-corrected chi connectivity index (χ4v) is 8.98. The van der Waals surface area contributed by atoms with Gasteiger partial charge in [0.15, 0.2) is 18.9 Å². The lowest BCUT2D eigenvalue weighted by Gasteiger charge is -2.51. The minimum atomic E-state index is -1.82. The second kappa shape index (κ2) is 26.1. The van der Waals surface area contributed by atoms with Crippen LogP contribution in [-0.2, 0) is 85.2 Å². The number of nitrogens with one attached hydrogen (secondary N) is 1. The molecule has 5 aromatic carbocycles. The Kier molecular flexibility index (Phi) is 19.2. The molecule has 380 valence electrons. The molecular formula is C55H65NO15. The number of hydrogen-bond acceptors (Lipinski definition) is 15. The summed E-state index contributed by atoms with van der Waals surface area (Å²) >= 11 is 0. The first-order valence-electron chi connectivity index (χ1n) is 24.1. The van der Waals surface area contributed by atoms with Crippen LogP contribution in [0.15, 0.2) is 152 Å². The van der Waals surface area contributed by atoms with Gasteiger partial charge in [-0.15, -0.1) is 0 Å². The van der Waals surface area contributed by atoms with Gasteiger partial charge in [0, 0.05) is 6.92 Å². The van der Waals surface area contributed by atoms with Crippen LogP contribution < -0.4 is 5.32 Å². The summed E-state index contributed by atoms with van der Waals surface area (Å²) < 4.78 is 66.9. The summed E-state index contributed by atoms with van der Waals surface area (Å²) in [4.78, 5) is 13.3. The fourth-order valence-electron chi connectivity index (χ4n) is 8.98. The monoisotopic (exact) mass is 979 g/mol. The van der Waals surface area contributed by atoms with Gasteiger partial charge >= 0.3 is 0 Å². The van der Waals surface area contributed by atoms with Crippen molar-refractivity contribution < 1.29 is 72.6 Å². The third kappa shape index (κ3) is 14.2. The smallest absolute Gasteiger partial charge is 0.217 e. The molecule has 15 atom stereocenters. The summed E-state index contributed by atoms with van der Waals surface area (Å²) in [5, 5.41) is 46.4. The molecule has 0 bridgehead atoms. The number of aliphatic hydroxyl groups excluding tert-OH is 4. The molecule has 3 fully saturated rings. The first-order valence-corrected chi connectivity index (χ1v) is 24.1. The van der Waals surface area contributed by atoms with E-state index < -0.39 is 105 Å². The second-order valence-corrected chi connectivity index (χ2v) is 18.0. The van der Waals surface area contributed by atoms with Gasteiger partial charge in [-0.25, -0.2) is 0 Å². The van der Waals surface area contributed by atoms with Crippen LogP contribution in [0, 0.1) is 0 Å². The lowest BCUT2D eigenvalue weighted by molar-refractivity contribution is -0.380. The highest BCUT2D eigenvalue weighted by molar-refractivity contribution is 5.73. The molecule has 5 N–H and O–H groups in total. The van der Waals surface area contributed by atoms with E-state index in [1.165, 1.54) is 6.92 Å². The van der Waals surface area contributed by atoms with Crippen molar-refractivity contribution in [1.29, 1.82) is 0 Å². The lowest BCUT2D eigenvalue weighted by atomic mass is 9.94. The Bertz CT molecular complexity index is 2300. The van der Waals surface area contributed by atoms with E-state index in [9.17, 15) is 25.2 Å².